The zero-order chi connectivity index (χ0) is 13.4. The SMILES string of the molecule is CC(NCCO)O/N=C/c1ccccc1C(N)=O. The second-order valence-corrected chi connectivity index (χ2v) is 3.61. The van der Waals surface area contributed by atoms with Crippen molar-refractivity contribution >= 4 is 12.1 Å². The van der Waals surface area contributed by atoms with Gasteiger partial charge in [0.05, 0.1) is 12.8 Å². The largest absolute Gasteiger partial charge is 0.395 e. The maximum atomic E-state index is 11.1. The molecule has 6 heteroatoms. The van der Waals surface area contributed by atoms with Crippen molar-refractivity contribution in [3.8, 4) is 0 Å². The van der Waals surface area contributed by atoms with Gasteiger partial charge in [-0.15, -0.1) is 0 Å². The molecule has 0 aliphatic rings. The van der Waals surface area contributed by atoms with Gasteiger partial charge < -0.3 is 15.7 Å². The highest BCUT2D eigenvalue weighted by molar-refractivity contribution is 6.01. The van der Waals surface area contributed by atoms with Gasteiger partial charge in [0, 0.05) is 17.7 Å². The number of nitrogens with two attached hydrogens (primary N) is 1. The van der Waals surface area contributed by atoms with Crippen LogP contribution in [-0.2, 0) is 4.84 Å². The highest BCUT2D eigenvalue weighted by Crippen LogP contribution is 2.05. The number of rotatable bonds is 7. The van der Waals surface area contributed by atoms with Gasteiger partial charge in [0.2, 0.25) is 5.91 Å². The monoisotopic (exact) mass is 251 g/mol. The summed E-state index contributed by atoms with van der Waals surface area (Å²) >= 11 is 0. The lowest BCUT2D eigenvalue weighted by atomic mass is 10.1. The van der Waals surface area contributed by atoms with Crippen LogP contribution >= 0.6 is 0 Å². The summed E-state index contributed by atoms with van der Waals surface area (Å²) in [6.07, 6.45) is 1.10. The molecule has 4 N–H and O–H groups in total. The van der Waals surface area contributed by atoms with Crippen molar-refractivity contribution in [2.24, 2.45) is 10.9 Å². The van der Waals surface area contributed by atoms with E-state index in [2.05, 4.69) is 10.5 Å². The molecule has 1 aromatic rings. The predicted octanol–water partition coefficient (Wildman–Crippen LogP) is 0.0639. The third-order valence-corrected chi connectivity index (χ3v) is 2.18. The molecule has 0 fully saturated rings. The summed E-state index contributed by atoms with van der Waals surface area (Å²) in [5.74, 6) is -0.511. The highest BCUT2D eigenvalue weighted by Gasteiger charge is 2.05. The maximum absolute atomic E-state index is 11.1. The fourth-order valence-electron chi connectivity index (χ4n) is 1.32. The number of carbonyl (C=O) groups is 1. The second kappa shape index (κ2) is 7.41. The Morgan fingerprint density at radius 2 is 2.33 bits per heavy atom. The van der Waals surface area contributed by atoms with Crippen molar-refractivity contribution in [3.63, 3.8) is 0 Å². The summed E-state index contributed by atoms with van der Waals surface area (Å²) in [7, 11) is 0. The van der Waals surface area contributed by atoms with Crippen molar-refractivity contribution in [2.75, 3.05) is 13.2 Å². The van der Waals surface area contributed by atoms with Gasteiger partial charge in [-0.05, 0) is 13.0 Å². The normalized spacial score (nSPS) is 12.6. The van der Waals surface area contributed by atoms with Crippen LogP contribution in [0.2, 0.25) is 0 Å². The van der Waals surface area contributed by atoms with Gasteiger partial charge in [-0.2, -0.15) is 0 Å². The minimum Gasteiger partial charge on any atom is -0.395 e. The van der Waals surface area contributed by atoms with Gasteiger partial charge in [0.1, 0.15) is 0 Å². The number of hydrogen-bond acceptors (Lipinski definition) is 5. The number of aliphatic hydroxyl groups excluding tert-OH is 1. The van der Waals surface area contributed by atoms with E-state index in [0.717, 1.165) is 0 Å². The lowest BCUT2D eigenvalue weighted by molar-refractivity contribution is 0.0458. The van der Waals surface area contributed by atoms with Crippen LogP contribution in [0.4, 0.5) is 0 Å². The van der Waals surface area contributed by atoms with Gasteiger partial charge in [-0.3, -0.25) is 10.1 Å². The van der Waals surface area contributed by atoms with Gasteiger partial charge in [-0.25, -0.2) is 0 Å². The number of carbonyl (C=O) groups excluding carboxylic acids is 1. The molecule has 0 saturated heterocycles. The third kappa shape index (κ3) is 4.52. The number of amides is 1. The second-order valence-electron chi connectivity index (χ2n) is 3.61. The van der Waals surface area contributed by atoms with Crippen molar-refractivity contribution in [2.45, 2.75) is 13.2 Å². The fourth-order valence-corrected chi connectivity index (χ4v) is 1.32. The minimum absolute atomic E-state index is 0.0297. The first kappa shape index (κ1) is 14.1. The van der Waals surface area contributed by atoms with Crippen LogP contribution in [0.1, 0.15) is 22.8 Å². The van der Waals surface area contributed by atoms with Gasteiger partial charge in [0.25, 0.3) is 0 Å². The summed E-state index contributed by atoms with van der Waals surface area (Å²) in [5.41, 5.74) is 6.22. The summed E-state index contributed by atoms with van der Waals surface area (Å²) in [6.45, 7) is 2.21. The van der Waals surface area contributed by atoms with Gasteiger partial charge in [0.15, 0.2) is 6.23 Å². The van der Waals surface area contributed by atoms with Crippen LogP contribution in [0.25, 0.3) is 0 Å². The molecule has 0 spiro atoms. The molecule has 0 bridgehead atoms. The van der Waals surface area contributed by atoms with E-state index in [1.54, 1.807) is 31.2 Å². The Kier molecular flexibility index (Phi) is 5.83. The molecule has 0 radical (unpaired) electrons. The van der Waals surface area contributed by atoms with Crippen molar-refractivity contribution in [1.82, 2.24) is 5.32 Å². The molecule has 1 aromatic carbocycles. The number of primary amides is 1. The van der Waals surface area contributed by atoms with Crippen LogP contribution in [0, 0.1) is 0 Å². The molecule has 1 atom stereocenters. The van der Waals surface area contributed by atoms with Gasteiger partial charge >= 0.3 is 0 Å². The fraction of sp³-hybridized carbons (Fsp3) is 0.333. The molecule has 0 saturated carbocycles. The highest BCUT2D eigenvalue weighted by atomic mass is 16.6. The number of hydrogen-bond donors (Lipinski definition) is 3. The minimum atomic E-state index is -0.511. The molecular weight excluding hydrogens is 234 g/mol. The molecule has 18 heavy (non-hydrogen) atoms. The predicted molar refractivity (Wildman–Crippen MR) is 68.2 cm³/mol. The van der Waals surface area contributed by atoms with E-state index >= 15 is 0 Å². The maximum Gasteiger partial charge on any atom is 0.249 e. The lowest BCUT2D eigenvalue weighted by Crippen LogP contribution is -2.29. The quantitative estimate of drug-likeness (QED) is 0.363. The smallest absolute Gasteiger partial charge is 0.249 e. The van der Waals surface area contributed by atoms with Gasteiger partial charge in [-0.1, -0.05) is 23.4 Å². The van der Waals surface area contributed by atoms with E-state index in [1.165, 1.54) is 6.21 Å². The summed E-state index contributed by atoms with van der Waals surface area (Å²) in [4.78, 5) is 16.2. The first-order chi connectivity index (χ1) is 8.65. The van der Waals surface area contributed by atoms with Crippen LogP contribution < -0.4 is 11.1 Å². The Bertz CT molecular complexity index is 421. The Morgan fingerprint density at radius 1 is 1.61 bits per heavy atom. The molecule has 0 aromatic heterocycles. The molecule has 98 valence electrons. The molecule has 0 heterocycles. The number of aliphatic hydroxyl groups is 1. The average molecular weight is 251 g/mol. The number of oxime groups is 1. The molecule has 0 aliphatic carbocycles. The first-order valence-electron chi connectivity index (χ1n) is 5.57. The Morgan fingerprint density at radius 3 is 3.00 bits per heavy atom. The molecule has 1 amide bonds. The Labute approximate surface area is 105 Å². The zero-order valence-corrected chi connectivity index (χ0v) is 10.2. The Hall–Kier alpha value is -1.92. The standard InChI is InChI=1S/C12H17N3O3/c1-9(14-6-7-16)18-15-8-10-4-2-3-5-11(10)12(13)17/h2-5,8-9,14,16H,6-7H2,1H3,(H2,13,17)/b15-8+. The Balaban J connectivity index is 2.59. The lowest BCUT2D eigenvalue weighted by Gasteiger charge is -2.10. The summed E-state index contributed by atoms with van der Waals surface area (Å²) in [5, 5.41) is 15.2. The third-order valence-electron chi connectivity index (χ3n) is 2.18. The first-order valence-corrected chi connectivity index (χ1v) is 5.57. The van der Waals surface area contributed by atoms with Crippen molar-refractivity contribution in [3.05, 3.63) is 35.4 Å². The van der Waals surface area contributed by atoms with Crippen LogP contribution in [0.5, 0.6) is 0 Å². The van der Waals surface area contributed by atoms with Crippen molar-refractivity contribution < 1.29 is 14.7 Å². The van der Waals surface area contributed by atoms with Crippen molar-refractivity contribution in [1.29, 1.82) is 0 Å². The number of benzene rings is 1. The van der Waals surface area contributed by atoms with E-state index in [0.29, 0.717) is 17.7 Å². The van der Waals surface area contributed by atoms with E-state index in [1.807, 2.05) is 0 Å². The molecule has 0 aliphatic heterocycles. The molecule has 6 nitrogen and oxygen atoms in total. The topological polar surface area (TPSA) is 96.9 Å². The van der Waals surface area contributed by atoms with Crippen LogP contribution in [-0.4, -0.2) is 36.6 Å². The molecule has 1 unspecified atom stereocenters. The number of nitrogens with zero attached hydrogens (tertiary/aromatic N) is 1. The molecule has 1 rings (SSSR count). The van der Waals surface area contributed by atoms with Crippen LogP contribution in [0.15, 0.2) is 29.4 Å². The summed E-state index contributed by atoms with van der Waals surface area (Å²) < 4.78 is 0. The zero-order valence-electron chi connectivity index (χ0n) is 10.2. The van der Waals surface area contributed by atoms with E-state index in [4.69, 9.17) is 15.7 Å². The van der Waals surface area contributed by atoms with E-state index < -0.39 is 5.91 Å². The number of nitrogens with one attached hydrogen (secondary N) is 1. The summed E-state index contributed by atoms with van der Waals surface area (Å²) in [6, 6.07) is 6.85. The van der Waals surface area contributed by atoms with E-state index in [9.17, 15) is 4.79 Å². The van der Waals surface area contributed by atoms with Crippen LogP contribution in [0.3, 0.4) is 0 Å². The molecular formula is C12H17N3O3. The van der Waals surface area contributed by atoms with E-state index in [-0.39, 0.29) is 12.8 Å². The average Bonchev–Trinajstić information content (AvgIpc) is 2.36.